The minimum atomic E-state index is -4.76. The number of thioether (sulfide) groups is 1. The molecule has 0 saturated carbocycles. The van der Waals surface area contributed by atoms with Gasteiger partial charge < -0.3 is 25.8 Å². The third-order valence-electron chi connectivity index (χ3n) is 6.39. The average Bonchev–Trinajstić information content (AvgIpc) is 3.48. The molecule has 1 saturated heterocycles. The van der Waals surface area contributed by atoms with Crippen molar-refractivity contribution >= 4 is 51.7 Å². The number of β-lactam (4-membered cyclic amide) rings is 1. The lowest BCUT2D eigenvalue weighted by Crippen LogP contribution is -2.71. The lowest BCUT2D eigenvalue weighted by Gasteiger charge is -2.50. The summed E-state index contributed by atoms with van der Waals surface area (Å²) in [7, 11) is 1.22. The van der Waals surface area contributed by atoms with Crippen molar-refractivity contribution in [1.29, 1.82) is 0 Å². The Hall–Kier alpha value is -3.67. The van der Waals surface area contributed by atoms with Crippen LogP contribution in [0.5, 0.6) is 0 Å². The summed E-state index contributed by atoms with van der Waals surface area (Å²) in [6, 6.07) is -1.13. The first-order valence-corrected chi connectivity index (χ1v) is 13.5. The number of amides is 2. The van der Waals surface area contributed by atoms with Crippen molar-refractivity contribution in [3.05, 3.63) is 34.0 Å². The zero-order valence-corrected chi connectivity index (χ0v) is 21.9. The Bertz CT molecular complexity index is 1420. The van der Waals surface area contributed by atoms with Crippen LogP contribution in [0.2, 0.25) is 0 Å². The number of thiazole rings is 1. The van der Waals surface area contributed by atoms with Gasteiger partial charge >= 0.3 is 12.0 Å². The van der Waals surface area contributed by atoms with Gasteiger partial charge in [0.05, 0.1) is 23.3 Å². The highest BCUT2D eigenvalue weighted by molar-refractivity contribution is 8.00. The van der Waals surface area contributed by atoms with E-state index in [0.29, 0.717) is 31.6 Å². The van der Waals surface area contributed by atoms with E-state index in [1.54, 1.807) is 0 Å². The van der Waals surface area contributed by atoms with Gasteiger partial charge in [-0.25, -0.2) is 9.55 Å². The molecular weight excluding hydrogens is 565 g/mol. The molecule has 18 heteroatoms. The molecule has 0 unspecified atom stereocenters. The van der Waals surface area contributed by atoms with Gasteiger partial charge in [-0.3, -0.25) is 14.5 Å². The van der Waals surface area contributed by atoms with Crippen LogP contribution in [0.15, 0.2) is 21.8 Å². The van der Waals surface area contributed by atoms with Crippen LogP contribution in [0, 0.1) is 0 Å². The number of aliphatic carboxylic acids is 1. The summed E-state index contributed by atoms with van der Waals surface area (Å²) in [6.45, 7) is -0.105. The van der Waals surface area contributed by atoms with Crippen molar-refractivity contribution in [2.75, 3.05) is 18.6 Å². The standard InChI is InChI=1S/C21H21F3N8O5S2/c1-37-29-12(10-8-39-20(25)26-10)15(33)27-13-16(34)32-14(18(35)36)9(7-38-17(13)32)6-30-11-4-2-3-5-31(11)28-19(30)21(22,23)24/h8,13,17H,2-7H2,1H3,(H3-,25,26,27,33,35,36)/b29-12-/t13-,17-/m1/s1. The molecule has 3 aliphatic heterocycles. The number of nitrogens with zero attached hydrogens (tertiary/aromatic N) is 6. The summed E-state index contributed by atoms with van der Waals surface area (Å²) in [4.78, 5) is 47.7. The maximum absolute atomic E-state index is 13.8. The van der Waals surface area contributed by atoms with E-state index >= 15 is 0 Å². The quantitative estimate of drug-likeness (QED) is 0.179. The molecule has 2 aromatic heterocycles. The molecular formula is C21H21F3N8O5S2. The largest absolute Gasteiger partial charge is 0.543 e. The van der Waals surface area contributed by atoms with Gasteiger partial charge in [0.2, 0.25) is 5.82 Å². The normalized spacial score (nSPS) is 21.3. The number of carbonyl (C=O) groups is 3. The van der Waals surface area contributed by atoms with E-state index in [1.165, 1.54) is 17.2 Å². The van der Waals surface area contributed by atoms with Crippen molar-refractivity contribution in [3.8, 4) is 0 Å². The summed E-state index contributed by atoms with van der Waals surface area (Å²) in [5.74, 6) is -4.08. The fourth-order valence-electron chi connectivity index (χ4n) is 4.74. The van der Waals surface area contributed by atoms with Crippen LogP contribution in [0.4, 0.5) is 18.3 Å². The molecule has 2 aromatic rings. The molecule has 0 aliphatic carbocycles. The summed E-state index contributed by atoms with van der Waals surface area (Å²) in [5.41, 5.74) is 5.06. The van der Waals surface area contributed by atoms with E-state index in [1.807, 2.05) is 0 Å². The number of hydrogen-bond acceptors (Lipinski definition) is 11. The predicted octanol–water partition coefficient (Wildman–Crippen LogP) is -0.981. The average molecular weight is 587 g/mol. The van der Waals surface area contributed by atoms with E-state index in [0.717, 1.165) is 32.6 Å². The molecule has 3 aliphatic rings. The second kappa shape index (κ2) is 10.1. The molecule has 0 spiro atoms. The first-order chi connectivity index (χ1) is 18.5. The second-order valence-electron chi connectivity index (χ2n) is 8.80. The summed E-state index contributed by atoms with van der Waals surface area (Å²) in [6.07, 6.45) is -3.07. The molecule has 0 radical (unpaired) electrons. The van der Waals surface area contributed by atoms with Crippen LogP contribution in [0.25, 0.3) is 0 Å². The van der Waals surface area contributed by atoms with Crippen LogP contribution in [0.3, 0.4) is 0 Å². The Morgan fingerprint density at radius 2 is 2.15 bits per heavy atom. The number of halogens is 3. The van der Waals surface area contributed by atoms with Crippen molar-refractivity contribution in [1.82, 2.24) is 25.0 Å². The molecule has 0 bridgehead atoms. The predicted molar refractivity (Wildman–Crippen MR) is 127 cm³/mol. The molecule has 39 heavy (non-hydrogen) atoms. The highest BCUT2D eigenvalue weighted by atomic mass is 32.2. The Morgan fingerprint density at radius 3 is 2.79 bits per heavy atom. The van der Waals surface area contributed by atoms with Crippen molar-refractivity contribution < 1.29 is 42.1 Å². The number of carbonyl (C=O) groups excluding carboxylic acids is 3. The number of carboxylic acid groups (broad SMARTS) is 1. The lowest BCUT2D eigenvalue weighted by atomic mass is 10.0. The van der Waals surface area contributed by atoms with Crippen molar-refractivity contribution in [2.45, 2.75) is 49.9 Å². The zero-order valence-electron chi connectivity index (χ0n) is 20.2. The molecule has 0 aromatic carbocycles. The first-order valence-electron chi connectivity index (χ1n) is 11.6. The van der Waals surface area contributed by atoms with Crippen LogP contribution >= 0.6 is 23.1 Å². The highest BCUT2D eigenvalue weighted by Gasteiger charge is 2.54. The fraction of sp³-hybridized carbons (Fsp3) is 0.476. The lowest BCUT2D eigenvalue weighted by molar-refractivity contribution is -0.715. The SMILES string of the molecule is CO/N=C(\C(=O)N[C@@H]1C(=O)N2C(C(=O)[O-])=C(C[n+]3c(C(F)(F)F)nn4c3CCCC4)CS[C@H]12)c1csc(N)n1. The molecule has 2 atom stereocenters. The summed E-state index contributed by atoms with van der Waals surface area (Å²) < 4.78 is 43.6. The number of carboxylic acids is 1. The molecule has 13 nitrogen and oxygen atoms in total. The van der Waals surface area contributed by atoms with Crippen LogP contribution in [0.1, 0.15) is 30.2 Å². The van der Waals surface area contributed by atoms with Gasteiger partial charge in [0, 0.05) is 17.6 Å². The summed E-state index contributed by atoms with van der Waals surface area (Å²) in [5, 5.41) is 22.9. The van der Waals surface area contributed by atoms with Crippen LogP contribution < -0.4 is 20.7 Å². The monoisotopic (exact) mass is 586 g/mol. The van der Waals surface area contributed by atoms with E-state index in [4.69, 9.17) is 10.6 Å². The van der Waals surface area contributed by atoms with Gasteiger partial charge in [0.1, 0.15) is 30.8 Å². The van der Waals surface area contributed by atoms with Gasteiger partial charge in [-0.1, -0.05) is 5.16 Å². The number of anilines is 1. The number of nitrogens with two attached hydrogens (primary N) is 1. The number of hydrogen-bond donors (Lipinski definition) is 2. The molecule has 5 heterocycles. The van der Waals surface area contributed by atoms with Gasteiger partial charge in [-0.15, -0.1) is 27.8 Å². The Morgan fingerprint density at radius 1 is 1.38 bits per heavy atom. The zero-order chi connectivity index (χ0) is 28.1. The molecule has 5 rings (SSSR count). The highest BCUT2D eigenvalue weighted by Crippen LogP contribution is 2.40. The molecule has 208 valence electrons. The van der Waals surface area contributed by atoms with E-state index in [9.17, 15) is 32.7 Å². The maximum Gasteiger partial charge on any atom is 0.485 e. The van der Waals surface area contributed by atoms with Gasteiger partial charge in [0.25, 0.3) is 11.8 Å². The maximum atomic E-state index is 13.8. The minimum absolute atomic E-state index is 0.0132. The van der Waals surface area contributed by atoms with E-state index < -0.39 is 53.4 Å². The van der Waals surface area contributed by atoms with Crippen molar-refractivity contribution in [3.63, 3.8) is 0 Å². The van der Waals surface area contributed by atoms with E-state index in [-0.39, 0.29) is 27.9 Å². The third kappa shape index (κ3) is 4.81. The summed E-state index contributed by atoms with van der Waals surface area (Å²) >= 11 is 2.17. The van der Waals surface area contributed by atoms with Crippen LogP contribution in [-0.4, -0.2) is 67.4 Å². The second-order valence-corrected chi connectivity index (χ2v) is 10.8. The number of oxime groups is 1. The number of fused-ring (bicyclic) bond motifs is 2. The Balaban J connectivity index is 1.41. The van der Waals surface area contributed by atoms with Crippen LogP contribution in [-0.2, 0) is 44.9 Å². The topological polar surface area (TPSA) is 172 Å². The first kappa shape index (κ1) is 26.9. The fourth-order valence-corrected chi connectivity index (χ4v) is 6.62. The number of aryl methyl sites for hydroxylation is 1. The molecule has 2 amide bonds. The number of alkyl halides is 3. The smallest absolute Gasteiger partial charge is 0.485 e. The Kier molecular flexibility index (Phi) is 7.00. The minimum Gasteiger partial charge on any atom is -0.543 e. The molecule has 1 fully saturated rings. The Labute approximate surface area is 226 Å². The molecule has 3 N–H and O–H groups in total. The van der Waals surface area contributed by atoms with Crippen molar-refractivity contribution in [2.24, 2.45) is 5.16 Å². The number of nitrogens with one attached hydrogen (secondary N) is 1. The van der Waals surface area contributed by atoms with E-state index in [2.05, 4.69) is 20.6 Å². The van der Waals surface area contributed by atoms with Gasteiger partial charge in [-0.2, -0.15) is 13.2 Å². The number of nitrogen functional groups attached to an aromatic ring is 1. The third-order valence-corrected chi connectivity index (χ3v) is 8.41. The number of aromatic nitrogens is 4. The number of rotatable bonds is 7. The van der Waals surface area contributed by atoms with Gasteiger partial charge in [-0.05, 0) is 18.4 Å². The van der Waals surface area contributed by atoms with Gasteiger partial charge in [0.15, 0.2) is 10.8 Å².